The van der Waals surface area contributed by atoms with Crippen LogP contribution in [0.3, 0.4) is 0 Å². The summed E-state index contributed by atoms with van der Waals surface area (Å²) < 4.78 is 55.0. The maximum absolute atomic E-state index is 13.4. The molecule has 0 amide bonds. The van der Waals surface area contributed by atoms with E-state index in [1.807, 2.05) is 0 Å². The quantitative estimate of drug-likeness (QED) is 0.296. The Morgan fingerprint density at radius 1 is 1.19 bits per heavy atom. The van der Waals surface area contributed by atoms with Gasteiger partial charge in [0.05, 0.1) is 18.1 Å². The number of pyridine rings is 2. The molecule has 0 aliphatic carbocycles. The van der Waals surface area contributed by atoms with Crippen molar-refractivity contribution in [1.82, 2.24) is 19.3 Å². The zero-order chi connectivity index (χ0) is 22.9. The van der Waals surface area contributed by atoms with Crippen molar-refractivity contribution >= 4 is 45.2 Å². The summed E-state index contributed by atoms with van der Waals surface area (Å²) in [6.07, 6.45) is 0.177. The van der Waals surface area contributed by atoms with E-state index >= 15 is 0 Å². The fraction of sp³-hybridized carbons (Fsp3) is 0.143. The number of fused-ring (bicyclic) bond motifs is 1. The van der Waals surface area contributed by atoms with Crippen LogP contribution in [0.2, 0.25) is 5.15 Å². The second kappa shape index (κ2) is 8.99. The molecule has 0 radical (unpaired) electrons. The molecular weight excluding hydrogens is 463 g/mol. The van der Waals surface area contributed by atoms with Gasteiger partial charge in [0.2, 0.25) is 0 Å². The third-order valence-corrected chi connectivity index (χ3v) is 6.16. The Morgan fingerprint density at radius 3 is 2.69 bits per heavy atom. The summed E-state index contributed by atoms with van der Waals surface area (Å²) in [5.74, 6) is 0. The minimum atomic E-state index is -4.68. The number of hydrogen-bond donors (Lipinski definition) is 2. The molecule has 3 aromatic heterocycles. The van der Waals surface area contributed by atoms with Crippen LogP contribution in [0.5, 0.6) is 0 Å². The number of rotatable bonds is 6. The molecule has 0 aliphatic heterocycles. The topological polar surface area (TPSA) is 77.8 Å². The standard InChI is InChI=1S/C21H17ClF3N5OS/c1-26-10-13-12-30(32(31)15-3-2-8-27-11-15)18-9-14(4-5-16(13)18)28-17-6-7-19(22)29-20(17)21(23,24)25/h2-9,11-12,26,28H,10H2,1H3. The smallest absolute Gasteiger partial charge is 0.435 e. The SMILES string of the molecule is CNCc1cn([S+]([O-])c2cccnc2)c2cc(Nc3ccc(Cl)nc3C(F)(F)F)ccc12. The summed E-state index contributed by atoms with van der Waals surface area (Å²) in [7, 11) is 1.80. The molecule has 0 spiro atoms. The normalized spacial score (nSPS) is 12.8. The van der Waals surface area contributed by atoms with Crippen LogP contribution in [-0.2, 0) is 24.1 Å². The lowest BCUT2D eigenvalue weighted by atomic mass is 10.1. The Balaban J connectivity index is 1.79. The Bertz CT molecular complexity index is 1250. The summed E-state index contributed by atoms with van der Waals surface area (Å²) in [5, 5.41) is 6.40. The highest BCUT2D eigenvalue weighted by Crippen LogP contribution is 2.36. The number of nitrogens with one attached hydrogen (secondary N) is 2. The lowest BCUT2D eigenvalue weighted by molar-refractivity contribution is -0.140. The van der Waals surface area contributed by atoms with Gasteiger partial charge in [0.15, 0.2) is 10.6 Å². The van der Waals surface area contributed by atoms with Crippen LogP contribution in [0.1, 0.15) is 11.3 Å². The van der Waals surface area contributed by atoms with E-state index in [0.717, 1.165) is 10.9 Å². The largest absolute Gasteiger partial charge is 0.587 e. The van der Waals surface area contributed by atoms with Gasteiger partial charge in [0.1, 0.15) is 22.0 Å². The van der Waals surface area contributed by atoms with Crippen LogP contribution in [-0.4, -0.2) is 25.5 Å². The number of anilines is 2. The molecule has 6 nitrogen and oxygen atoms in total. The third-order valence-electron chi connectivity index (χ3n) is 4.64. The summed E-state index contributed by atoms with van der Waals surface area (Å²) in [4.78, 5) is 7.94. The predicted molar refractivity (Wildman–Crippen MR) is 118 cm³/mol. The molecule has 0 fully saturated rings. The van der Waals surface area contributed by atoms with Crippen molar-refractivity contribution in [3.63, 3.8) is 0 Å². The summed E-state index contributed by atoms with van der Waals surface area (Å²) >= 11 is 4.07. The molecule has 2 N–H and O–H groups in total. The summed E-state index contributed by atoms with van der Waals surface area (Å²) in [6.45, 7) is 0.528. The summed E-state index contributed by atoms with van der Waals surface area (Å²) in [5.41, 5.74) is 0.525. The van der Waals surface area contributed by atoms with E-state index in [9.17, 15) is 17.7 Å². The fourth-order valence-corrected chi connectivity index (χ4v) is 4.56. The van der Waals surface area contributed by atoms with Gasteiger partial charge in [0, 0.05) is 23.8 Å². The van der Waals surface area contributed by atoms with Gasteiger partial charge in [-0.3, -0.25) is 4.98 Å². The average molecular weight is 480 g/mol. The van der Waals surface area contributed by atoms with E-state index in [2.05, 4.69) is 20.6 Å². The lowest BCUT2D eigenvalue weighted by Gasteiger charge is -2.15. The van der Waals surface area contributed by atoms with Crippen molar-refractivity contribution in [2.24, 2.45) is 0 Å². The number of alkyl halides is 3. The first kappa shape index (κ1) is 22.4. The minimum Gasteiger partial charge on any atom is -0.587 e. The number of nitrogens with zero attached hydrogens (tertiary/aromatic N) is 3. The lowest BCUT2D eigenvalue weighted by Crippen LogP contribution is -2.13. The van der Waals surface area contributed by atoms with Gasteiger partial charge < -0.3 is 15.2 Å². The van der Waals surface area contributed by atoms with E-state index in [4.69, 9.17) is 11.6 Å². The number of halogens is 4. The van der Waals surface area contributed by atoms with Gasteiger partial charge in [-0.05, 0) is 49.0 Å². The molecule has 4 rings (SSSR count). The molecule has 1 atom stereocenters. The molecule has 4 aromatic rings. The van der Waals surface area contributed by atoms with Crippen molar-refractivity contribution in [3.8, 4) is 0 Å². The van der Waals surface area contributed by atoms with Gasteiger partial charge in [-0.1, -0.05) is 17.7 Å². The van der Waals surface area contributed by atoms with Crippen molar-refractivity contribution < 1.29 is 17.7 Å². The Labute approximate surface area is 189 Å². The Kier molecular flexibility index (Phi) is 6.29. The monoisotopic (exact) mass is 479 g/mol. The van der Waals surface area contributed by atoms with E-state index in [1.165, 1.54) is 18.3 Å². The molecule has 0 saturated carbocycles. The molecule has 166 valence electrons. The van der Waals surface area contributed by atoms with Crippen LogP contribution in [0.25, 0.3) is 10.9 Å². The molecule has 32 heavy (non-hydrogen) atoms. The molecule has 0 aliphatic rings. The number of aromatic nitrogens is 3. The Hall–Kier alpha value is -2.79. The second-order valence-electron chi connectivity index (χ2n) is 6.83. The van der Waals surface area contributed by atoms with Crippen LogP contribution >= 0.6 is 11.6 Å². The zero-order valence-corrected chi connectivity index (χ0v) is 18.2. The third kappa shape index (κ3) is 4.53. The maximum atomic E-state index is 13.4. The molecule has 0 bridgehead atoms. The molecule has 11 heteroatoms. The van der Waals surface area contributed by atoms with Crippen molar-refractivity contribution in [3.05, 3.63) is 77.5 Å². The first-order valence-electron chi connectivity index (χ1n) is 9.39. The van der Waals surface area contributed by atoms with Gasteiger partial charge in [-0.15, -0.1) is 0 Å². The zero-order valence-electron chi connectivity index (χ0n) is 16.7. The van der Waals surface area contributed by atoms with Crippen molar-refractivity contribution in [1.29, 1.82) is 0 Å². The molecule has 3 heterocycles. The van der Waals surface area contributed by atoms with E-state index in [1.54, 1.807) is 53.7 Å². The molecule has 1 aromatic carbocycles. The van der Waals surface area contributed by atoms with E-state index < -0.39 is 23.2 Å². The highest BCUT2D eigenvalue weighted by molar-refractivity contribution is 7.90. The minimum absolute atomic E-state index is 0.233. The highest BCUT2D eigenvalue weighted by atomic mass is 35.5. The number of benzene rings is 1. The Morgan fingerprint density at radius 2 is 2.00 bits per heavy atom. The van der Waals surface area contributed by atoms with Crippen molar-refractivity contribution in [2.45, 2.75) is 17.6 Å². The van der Waals surface area contributed by atoms with E-state index in [-0.39, 0.29) is 10.8 Å². The summed E-state index contributed by atoms with van der Waals surface area (Å²) in [6, 6.07) is 11.0. The molecule has 1 unspecified atom stereocenters. The maximum Gasteiger partial charge on any atom is 0.435 e. The van der Waals surface area contributed by atoms with Crippen LogP contribution in [0.4, 0.5) is 24.5 Å². The first-order valence-corrected chi connectivity index (χ1v) is 10.9. The van der Waals surface area contributed by atoms with Gasteiger partial charge in [-0.25, -0.2) is 4.98 Å². The van der Waals surface area contributed by atoms with Crippen LogP contribution in [0, 0.1) is 0 Å². The molecular formula is C21H17ClF3N5OS. The van der Waals surface area contributed by atoms with Gasteiger partial charge in [0.25, 0.3) is 0 Å². The average Bonchev–Trinajstić information content (AvgIpc) is 3.12. The van der Waals surface area contributed by atoms with Crippen LogP contribution in [0.15, 0.2) is 66.0 Å². The number of hydrogen-bond acceptors (Lipinski definition) is 5. The highest BCUT2D eigenvalue weighted by Gasteiger charge is 2.36. The first-order chi connectivity index (χ1) is 15.3. The molecule has 0 saturated heterocycles. The fourth-order valence-electron chi connectivity index (χ4n) is 3.28. The van der Waals surface area contributed by atoms with E-state index in [0.29, 0.717) is 22.6 Å². The van der Waals surface area contributed by atoms with Gasteiger partial charge >= 0.3 is 6.18 Å². The van der Waals surface area contributed by atoms with Crippen molar-refractivity contribution in [2.75, 3.05) is 12.4 Å². The predicted octanol–water partition coefficient (Wildman–Crippen LogP) is 5.14. The second-order valence-corrected chi connectivity index (χ2v) is 8.58. The van der Waals surface area contributed by atoms with Gasteiger partial charge in [-0.2, -0.15) is 17.1 Å². The van der Waals surface area contributed by atoms with Crippen LogP contribution < -0.4 is 10.6 Å².